The van der Waals surface area contributed by atoms with Gasteiger partial charge >= 0.3 is 5.97 Å². The Morgan fingerprint density at radius 2 is 1.87 bits per heavy atom. The average Bonchev–Trinajstić information content (AvgIpc) is 2.83. The first kappa shape index (κ1) is 16.5. The fourth-order valence-corrected chi connectivity index (χ4v) is 2.45. The van der Waals surface area contributed by atoms with E-state index in [1.165, 1.54) is 6.08 Å². The first-order chi connectivity index (χ1) is 10.9. The van der Waals surface area contributed by atoms with Crippen molar-refractivity contribution in [2.45, 2.75) is 26.7 Å². The van der Waals surface area contributed by atoms with Crippen LogP contribution in [0.1, 0.15) is 47.1 Å². The summed E-state index contributed by atoms with van der Waals surface area (Å²) in [6, 6.07) is 9.08. The summed E-state index contributed by atoms with van der Waals surface area (Å²) in [7, 11) is 0. The van der Waals surface area contributed by atoms with Crippen molar-refractivity contribution in [1.29, 1.82) is 0 Å². The number of hydrogen-bond acceptors (Lipinski definition) is 2. The number of H-pyrrole nitrogens is 1. The first-order valence-electron chi connectivity index (χ1n) is 7.40. The van der Waals surface area contributed by atoms with E-state index in [0.29, 0.717) is 11.3 Å². The van der Waals surface area contributed by atoms with Crippen molar-refractivity contribution < 1.29 is 14.7 Å². The fourth-order valence-electron chi connectivity index (χ4n) is 2.45. The van der Waals surface area contributed by atoms with Crippen LogP contribution >= 0.6 is 0 Å². The number of aromatic carboxylic acids is 1. The predicted molar refractivity (Wildman–Crippen MR) is 90.7 cm³/mol. The Hall–Kier alpha value is -2.82. The number of aromatic amines is 1. The monoisotopic (exact) mass is 312 g/mol. The summed E-state index contributed by atoms with van der Waals surface area (Å²) in [6.07, 6.45) is 2.89. The zero-order chi connectivity index (χ0) is 17.0. The van der Waals surface area contributed by atoms with Crippen LogP contribution in [0.3, 0.4) is 0 Å². The molecule has 2 rings (SSSR count). The minimum Gasteiger partial charge on any atom is -0.477 e. The highest BCUT2D eigenvalue weighted by atomic mass is 16.4. The molecule has 5 nitrogen and oxygen atoms in total. The second-order valence-corrected chi connectivity index (χ2v) is 5.60. The smallest absolute Gasteiger partial charge is 0.352 e. The van der Waals surface area contributed by atoms with Gasteiger partial charge in [-0.15, -0.1) is 0 Å². The molecular weight excluding hydrogens is 292 g/mol. The molecule has 3 N–H and O–H groups in total. The van der Waals surface area contributed by atoms with Crippen LogP contribution in [-0.4, -0.2) is 22.0 Å². The van der Waals surface area contributed by atoms with Crippen LogP contribution in [-0.2, 0) is 4.79 Å². The largest absolute Gasteiger partial charge is 0.477 e. The second kappa shape index (κ2) is 6.96. The predicted octanol–water partition coefficient (Wildman–Crippen LogP) is 3.80. The zero-order valence-corrected chi connectivity index (χ0v) is 13.4. The number of carboxylic acids is 1. The van der Waals surface area contributed by atoms with Gasteiger partial charge in [0.25, 0.3) is 0 Å². The maximum Gasteiger partial charge on any atom is 0.352 e. The Morgan fingerprint density at radius 1 is 1.22 bits per heavy atom. The number of nitrogens with one attached hydrogen (secondary N) is 2. The molecule has 2 aromatic rings. The van der Waals surface area contributed by atoms with Crippen molar-refractivity contribution in [2.75, 3.05) is 5.32 Å². The molecular formula is C18H20N2O3. The summed E-state index contributed by atoms with van der Waals surface area (Å²) in [5.41, 5.74) is 3.04. The molecule has 0 unspecified atom stereocenters. The highest BCUT2D eigenvalue weighted by molar-refractivity contribution is 6.03. The SMILES string of the molecule is Cc1c(C(C)C)[nH]c(C(=O)O)c1/C=C/C(=O)Nc1ccccc1. The molecule has 0 saturated heterocycles. The van der Waals surface area contributed by atoms with E-state index in [9.17, 15) is 14.7 Å². The van der Waals surface area contributed by atoms with Crippen molar-refractivity contribution in [3.63, 3.8) is 0 Å². The summed E-state index contributed by atoms with van der Waals surface area (Å²) in [5, 5.41) is 12.0. The molecule has 1 heterocycles. The zero-order valence-electron chi connectivity index (χ0n) is 13.4. The molecule has 0 saturated carbocycles. The number of hydrogen-bond donors (Lipinski definition) is 3. The molecule has 0 radical (unpaired) electrons. The first-order valence-corrected chi connectivity index (χ1v) is 7.40. The maximum atomic E-state index is 12.0. The van der Waals surface area contributed by atoms with Crippen LogP contribution in [0.5, 0.6) is 0 Å². The summed E-state index contributed by atoms with van der Waals surface area (Å²) < 4.78 is 0. The van der Waals surface area contributed by atoms with Crippen LogP contribution in [0, 0.1) is 6.92 Å². The molecule has 0 aliphatic heterocycles. The highest BCUT2D eigenvalue weighted by Crippen LogP contribution is 2.25. The molecule has 0 aliphatic rings. The van der Waals surface area contributed by atoms with E-state index >= 15 is 0 Å². The van der Waals surface area contributed by atoms with Crippen LogP contribution in [0.4, 0.5) is 5.69 Å². The summed E-state index contributed by atoms with van der Waals surface area (Å²) >= 11 is 0. The highest BCUT2D eigenvalue weighted by Gasteiger charge is 2.19. The topological polar surface area (TPSA) is 82.2 Å². The molecule has 120 valence electrons. The van der Waals surface area contributed by atoms with E-state index in [1.807, 2.05) is 39.0 Å². The number of carbonyl (C=O) groups is 2. The fraction of sp³-hybridized carbons (Fsp3) is 0.222. The molecule has 0 fully saturated rings. The lowest BCUT2D eigenvalue weighted by atomic mass is 10.0. The minimum atomic E-state index is -1.04. The standard InChI is InChI=1S/C18H20N2O3/c1-11(2)16-12(3)14(17(20-16)18(22)23)9-10-15(21)19-13-7-5-4-6-8-13/h4-11,20H,1-3H3,(H,19,21)(H,22,23)/b10-9+. The van der Waals surface area contributed by atoms with Crippen molar-refractivity contribution in [3.8, 4) is 0 Å². The summed E-state index contributed by atoms with van der Waals surface area (Å²) in [6.45, 7) is 5.83. The number of aromatic nitrogens is 1. The van der Waals surface area contributed by atoms with E-state index in [-0.39, 0.29) is 17.5 Å². The van der Waals surface area contributed by atoms with Gasteiger partial charge in [-0.1, -0.05) is 32.0 Å². The number of amides is 1. The van der Waals surface area contributed by atoms with Gasteiger partial charge in [-0.05, 0) is 36.6 Å². The Labute approximate surface area is 135 Å². The van der Waals surface area contributed by atoms with Crippen molar-refractivity contribution >= 4 is 23.6 Å². The summed E-state index contributed by atoms with van der Waals surface area (Å²) in [4.78, 5) is 26.3. The minimum absolute atomic E-state index is 0.106. The molecule has 1 aromatic carbocycles. The lowest BCUT2D eigenvalue weighted by Crippen LogP contribution is -2.07. The third-order valence-corrected chi connectivity index (χ3v) is 3.57. The molecule has 0 spiro atoms. The van der Waals surface area contributed by atoms with Gasteiger partial charge in [0.05, 0.1) is 0 Å². The van der Waals surface area contributed by atoms with Gasteiger partial charge < -0.3 is 15.4 Å². The Bertz CT molecular complexity index is 743. The number of benzene rings is 1. The third kappa shape index (κ3) is 3.88. The number of carbonyl (C=O) groups excluding carboxylic acids is 1. The van der Waals surface area contributed by atoms with Gasteiger partial charge in [0, 0.05) is 23.0 Å². The van der Waals surface area contributed by atoms with Gasteiger partial charge in [-0.2, -0.15) is 0 Å². The third-order valence-electron chi connectivity index (χ3n) is 3.57. The van der Waals surface area contributed by atoms with E-state index in [1.54, 1.807) is 18.2 Å². The normalized spacial score (nSPS) is 11.1. The molecule has 5 heteroatoms. The molecule has 23 heavy (non-hydrogen) atoms. The molecule has 0 aliphatic carbocycles. The van der Waals surface area contributed by atoms with Crippen LogP contribution in [0.2, 0.25) is 0 Å². The van der Waals surface area contributed by atoms with Gasteiger partial charge in [0.1, 0.15) is 5.69 Å². The van der Waals surface area contributed by atoms with Gasteiger partial charge in [0.15, 0.2) is 0 Å². The number of rotatable bonds is 5. The van der Waals surface area contributed by atoms with E-state index in [4.69, 9.17) is 0 Å². The molecule has 0 bridgehead atoms. The van der Waals surface area contributed by atoms with Crippen molar-refractivity contribution in [1.82, 2.24) is 4.98 Å². The summed E-state index contributed by atoms with van der Waals surface area (Å²) in [5.74, 6) is -1.17. The Morgan fingerprint density at radius 3 is 2.43 bits per heavy atom. The lowest BCUT2D eigenvalue weighted by molar-refractivity contribution is -0.111. The van der Waals surface area contributed by atoms with Crippen LogP contribution in [0.15, 0.2) is 36.4 Å². The van der Waals surface area contributed by atoms with Crippen LogP contribution in [0.25, 0.3) is 6.08 Å². The number of para-hydroxylation sites is 1. The maximum absolute atomic E-state index is 12.0. The van der Waals surface area contributed by atoms with Gasteiger partial charge in [-0.25, -0.2) is 4.79 Å². The van der Waals surface area contributed by atoms with E-state index in [2.05, 4.69) is 10.3 Å². The average molecular weight is 312 g/mol. The van der Waals surface area contributed by atoms with Crippen molar-refractivity contribution in [2.24, 2.45) is 0 Å². The van der Waals surface area contributed by atoms with Gasteiger partial charge in [0.2, 0.25) is 5.91 Å². The Kier molecular flexibility index (Phi) is 5.01. The van der Waals surface area contributed by atoms with E-state index in [0.717, 1.165) is 11.3 Å². The molecule has 1 amide bonds. The quantitative estimate of drug-likeness (QED) is 0.734. The molecule has 1 aromatic heterocycles. The molecule has 0 atom stereocenters. The number of anilines is 1. The van der Waals surface area contributed by atoms with E-state index < -0.39 is 5.97 Å². The Balaban J connectivity index is 2.24. The van der Waals surface area contributed by atoms with Gasteiger partial charge in [-0.3, -0.25) is 4.79 Å². The number of carboxylic acid groups (broad SMARTS) is 1. The lowest BCUT2D eigenvalue weighted by Gasteiger charge is -2.03. The van der Waals surface area contributed by atoms with Crippen LogP contribution < -0.4 is 5.32 Å². The van der Waals surface area contributed by atoms with Crippen molar-refractivity contribution in [3.05, 3.63) is 58.9 Å². The second-order valence-electron chi connectivity index (χ2n) is 5.60.